The van der Waals surface area contributed by atoms with Gasteiger partial charge in [-0.3, -0.25) is 4.90 Å². The van der Waals surface area contributed by atoms with Gasteiger partial charge in [0.1, 0.15) is 0 Å². The molecule has 1 N–H and O–H groups in total. The molecule has 0 bridgehead atoms. The maximum atomic E-state index is 4.35. The van der Waals surface area contributed by atoms with Gasteiger partial charge in [-0.05, 0) is 80.9 Å². The van der Waals surface area contributed by atoms with Crippen LogP contribution in [-0.4, -0.2) is 37.8 Å². The molecule has 0 spiro atoms. The van der Waals surface area contributed by atoms with Crippen LogP contribution in [0.3, 0.4) is 0 Å². The average molecular weight is 443 g/mol. The van der Waals surface area contributed by atoms with E-state index in [1.165, 1.54) is 42.7 Å². The van der Waals surface area contributed by atoms with Gasteiger partial charge in [0, 0.05) is 11.6 Å². The van der Waals surface area contributed by atoms with Crippen molar-refractivity contribution in [2.24, 2.45) is 11.8 Å². The van der Waals surface area contributed by atoms with Gasteiger partial charge in [-0.2, -0.15) is 0 Å². The van der Waals surface area contributed by atoms with Gasteiger partial charge >= 0.3 is 0 Å². The van der Waals surface area contributed by atoms with Crippen molar-refractivity contribution in [3.63, 3.8) is 0 Å². The van der Waals surface area contributed by atoms with E-state index >= 15 is 0 Å². The topological polar surface area (TPSA) is 15.3 Å². The second kappa shape index (κ2) is 8.77. The molecule has 2 aliphatic carbocycles. The minimum atomic E-state index is -2.31. The molecule has 168 valence electrons. The van der Waals surface area contributed by atoms with Crippen LogP contribution in [0.2, 0.25) is 5.54 Å². The number of hydrogen-bond donors (Lipinski definition) is 1. The molecular formula is C29H38N2Si. The fourth-order valence-electron chi connectivity index (χ4n) is 6.76. The molecule has 4 atom stereocenters. The van der Waals surface area contributed by atoms with Crippen LogP contribution in [0.15, 0.2) is 85.0 Å². The lowest BCUT2D eigenvalue weighted by atomic mass is 9.89. The van der Waals surface area contributed by atoms with E-state index in [0.717, 1.165) is 0 Å². The first-order valence-electron chi connectivity index (χ1n) is 12.5. The quantitative estimate of drug-likeness (QED) is 0.674. The Bertz CT molecular complexity index is 914. The highest BCUT2D eigenvalue weighted by Crippen LogP contribution is 2.51. The summed E-state index contributed by atoms with van der Waals surface area (Å²) in [4.78, 5) is 7.16. The third kappa shape index (κ3) is 3.96. The van der Waals surface area contributed by atoms with Crippen molar-refractivity contribution < 1.29 is 0 Å². The standard InChI is InChI=1S/C29H38N2Si/c1-29(2,3)30-32(23-14-6-4-7-15-23,24-16-8-5-9-17-24)28-22-27(31-20-12-13-21-31)25-18-10-11-19-26(25)28/h4-11,14-19,25-28,30H,12-13,20-22H2,1-3H3. The van der Waals surface area contributed by atoms with E-state index in [0.29, 0.717) is 23.4 Å². The summed E-state index contributed by atoms with van der Waals surface area (Å²) < 4.78 is 0. The van der Waals surface area contributed by atoms with E-state index in [9.17, 15) is 0 Å². The number of rotatable bonds is 5. The Balaban J connectivity index is 1.69. The van der Waals surface area contributed by atoms with Gasteiger partial charge in [0.25, 0.3) is 0 Å². The summed E-state index contributed by atoms with van der Waals surface area (Å²) in [5.74, 6) is 1.22. The first-order chi connectivity index (χ1) is 15.5. The summed E-state index contributed by atoms with van der Waals surface area (Å²) in [7, 11) is -2.31. The number of fused-ring (bicyclic) bond motifs is 1. The Labute approximate surface area is 195 Å². The fraction of sp³-hybridized carbons (Fsp3) is 0.448. The normalized spacial score (nSPS) is 28.2. The van der Waals surface area contributed by atoms with Crippen molar-refractivity contribution in [1.82, 2.24) is 9.88 Å². The van der Waals surface area contributed by atoms with Crippen LogP contribution in [-0.2, 0) is 0 Å². The Kier molecular flexibility index (Phi) is 6.00. The van der Waals surface area contributed by atoms with Crippen molar-refractivity contribution in [2.75, 3.05) is 13.1 Å². The molecule has 32 heavy (non-hydrogen) atoms. The molecule has 1 heterocycles. The molecular weight excluding hydrogens is 404 g/mol. The molecule has 0 aromatic heterocycles. The summed E-state index contributed by atoms with van der Waals surface area (Å²) in [6.45, 7) is 9.59. The van der Waals surface area contributed by atoms with E-state index in [2.05, 4.69) is 116 Å². The van der Waals surface area contributed by atoms with E-state index in [1.54, 1.807) is 0 Å². The van der Waals surface area contributed by atoms with Crippen molar-refractivity contribution >= 4 is 18.6 Å². The molecule has 5 rings (SSSR count). The monoisotopic (exact) mass is 442 g/mol. The first kappa shape index (κ1) is 21.9. The van der Waals surface area contributed by atoms with E-state index in [1.807, 2.05) is 0 Å². The van der Waals surface area contributed by atoms with Crippen molar-refractivity contribution in [3.8, 4) is 0 Å². The second-order valence-electron chi connectivity index (χ2n) is 11.0. The largest absolute Gasteiger partial charge is 0.325 e. The smallest absolute Gasteiger partial charge is 0.194 e. The predicted molar refractivity (Wildman–Crippen MR) is 139 cm³/mol. The molecule has 3 heteroatoms. The van der Waals surface area contributed by atoms with Crippen LogP contribution in [0.4, 0.5) is 0 Å². The summed E-state index contributed by atoms with van der Waals surface area (Å²) >= 11 is 0. The average Bonchev–Trinajstić information content (AvgIpc) is 3.46. The Hall–Kier alpha value is -1.94. The SMILES string of the molecule is CC(C)(C)N[Si](c1ccccc1)(c1ccccc1)C1CC(N2CCCC2)C2C=CC=CC21. The van der Waals surface area contributed by atoms with Gasteiger partial charge in [0.2, 0.25) is 0 Å². The summed E-state index contributed by atoms with van der Waals surface area (Å²) in [6, 6.07) is 23.6. The van der Waals surface area contributed by atoms with Gasteiger partial charge in [-0.25, -0.2) is 0 Å². The molecule has 2 nitrogen and oxygen atoms in total. The Morgan fingerprint density at radius 1 is 0.781 bits per heavy atom. The molecule has 3 aliphatic rings. The van der Waals surface area contributed by atoms with Gasteiger partial charge in [-0.15, -0.1) is 0 Å². The molecule has 1 saturated carbocycles. The summed E-state index contributed by atoms with van der Waals surface area (Å²) in [5.41, 5.74) is 0.649. The van der Waals surface area contributed by atoms with Crippen LogP contribution in [0.25, 0.3) is 0 Å². The van der Waals surface area contributed by atoms with Crippen LogP contribution < -0.4 is 15.4 Å². The van der Waals surface area contributed by atoms with Gasteiger partial charge in [-0.1, -0.05) is 85.0 Å². The molecule has 0 radical (unpaired) electrons. The van der Waals surface area contributed by atoms with Gasteiger partial charge < -0.3 is 4.98 Å². The van der Waals surface area contributed by atoms with Crippen molar-refractivity contribution in [3.05, 3.63) is 85.0 Å². The lowest BCUT2D eigenvalue weighted by Crippen LogP contribution is -2.75. The third-order valence-corrected chi connectivity index (χ3v) is 13.2. The molecule has 2 aromatic rings. The number of hydrogen-bond acceptors (Lipinski definition) is 2. The number of likely N-dealkylation sites (tertiary alicyclic amines) is 1. The molecule has 4 unspecified atom stereocenters. The van der Waals surface area contributed by atoms with E-state index in [-0.39, 0.29) is 5.54 Å². The highest BCUT2D eigenvalue weighted by Gasteiger charge is 2.56. The van der Waals surface area contributed by atoms with Crippen LogP contribution >= 0.6 is 0 Å². The molecule has 0 amide bonds. The zero-order chi connectivity index (χ0) is 22.2. The number of nitrogens with one attached hydrogen (secondary N) is 1. The van der Waals surface area contributed by atoms with Crippen LogP contribution in [0.5, 0.6) is 0 Å². The van der Waals surface area contributed by atoms with Crippen molar-refractivity contribution in [2.45, 2.75) is 57.2 Å². The number of benzene rings is 2. The van der Waals surface area contributed by atoms with Crippen molar-refractivity contribution in [1.29, 1.82) is 0 Å². The molecule has 2 aromatic carbocycles. The lowest BCUT2D eigenvalue weighted by molar-refractivity contribution is 0.210. The highest BCUT2D eigenvalue weighted by molar-refractivity contribution is 7.01. The van der Waals surface area contributed by atoms with Crippen LogP contribution in [0.1, 0.15) is 40.0 Å². The first-order valence-corrected chi connectivity index (χ1v) is 14.6. The Morgan fingerprint density at radius 3 is 1.84 bits per heavy atom. The zero-order valence-electron chi connectivity index (χ0n) is 19.9. The molecule has 1 aliphatic heterocycles. The maximum Gasteiger partial charge on any atom is 0.194 e. The third-order valence-electron chi connectivity index (χ3n) is 7.82. The minimum Gasteiger partial charge on any atom is -0.325 e. The number of allylic oxidation sites excluding steroid dienone is 3. The maximum absolute atomic E-state index is 4.35. The van der Waals surface area contributed by atoms with Gasteiger partial charge in [0.05, 0.1) is 0 Å². The zero-order valence-corrected chi connectivity index (χ0v) is 20.9. The Morgan fingerprint density at radius 2 is 1.31 bits per heavy atom. The lowest BCUT2D eigenvalue weighted by Gasteiger charge is -2.46. The molecule has 2 fully saturated rings. The predicted octanol–water partition coefficient (Wildman–Crippen LogP) is 4.73. The summed E-state index contributed by atoms with van der Waals surface area (Å²) in [5, 5.41) is 3.05. The second-order valence-corrected chi connectivity index (χ2v) is 14.8. The fourth-order valence-corrected chi connectivity index (χ4v) is 12.5. The van der Waals surface area contributed by atoms with Gasteiger partial charge in [0.15, 0.2) is 8.24 Å². The summed E-state index contributed by atoms with van der Waals surface area (Å²) in [6.07, 6.45) is 13.7. The minimum absolute atomic E-state index is 0.0351. The van der Waals surface area contributed by atoms with E-state index in [4.69, 9.17) is 0 Å². The van der Waals surface area contributed by atoms with Crippen LogP contribution in [0, 0.1) is 11.8 Å². The van der Waals surface area contributed by atoms with E-state index < -0.39 is 8.24 Å². The molecule has 1 saturated heterocycles. The highest BCUT2D eigenvalue weighted by atomic mass is 28.3. The number of nitrogens with zero attached hydrogens (tertiary/aromatic N) is 1.